The predicted octanol–water partition coefficient (Wildman–Crippen LogP) is 10.4. The minimum atomic E-state index is -0.918. The van der Waals surface area contributed by atoms with Crippen LogP contribution in [0.2, 0.25) is 0 Å². The Morgan fingerprint density at radius 3 is 0.897 bits per heavy atom. The standard InChI is InChI=1S/C56H42O12/c57-29-9-1-25(2-10-29)45-47-37(17-33(61)21-41(47)65)53-49-39(19-35(63)23-43(49)67-55(53)27-5-13-31(59)14-6-27)51(45)52-40-20-36(64)24-44-50(40)54(56(68-44)28-7-15-32(60)16-8-28)38-18-34(62)22-42(66)48(38)46(52)26-3-11-30(58)12-4-26/h1-24,45-46,51-66H/t45-,46+,51-,52?,53-,54+,55-,56+/m0/s1. The highest BCUT2D eigenvalue weighted by Crippen LogP contribution is 2.69. The summed E-state index contributed by atoms with van der Waals surface area (Å²) in [6, 6.07) is 38.4. The number of hydrogen-bond donors (Lipinski definition) is 10. The van der Waals surface area contributed by atoms with Crippen molar-refractivity contribution in [1.29, 1.82) is 0 Å². The van der Waals surface area contributed by atoms with Crippen LogP contribution >= 0.6 is 0 Å². The molecule has 8 aromatic carbocycles. The lowest BCUT2D eigenvalue weighted by molar-refractivity contribution is 0.221. The van der Waals surface area contributed by atoms with Crippen LogP contribution in [-0.4, -0.2) is 51.1 Å². The van der Waals surface area contributed by atoms with Crippen molar-refractivity contribution < 1.29 is 60.5 Å². The van der Waals surface area contributed by atoms with Crippen LogP contribution in [0.4, 0.5) is 0 Å². The minimum absolute atomic E-state index is 0.0182. The number of hydrogen-bond acceptors (Lipinski definition) is 12. The van der Waals surface area contributed by atoms with E-state index < -0.39 is 47.7 Å². The summed E-state index contributed by atoms with van der Waals surface area (Å²) in [5, 5.41) is 114. The van der Waals surface area contributed by atoms with Gasteiger partial charge in [-0.05, 0) is 117 Å². The molecular weight excluding hydrogens is 865 g/mol. The van der Waals surface area contributed by atoms with E-state index in [-0.39, 0.29) is 57.5 Å². The molecule has 0 radical (unpaired) electrons. The first kappa shape index (κ1) is 40.8. The third-order valence-electron chi connectivity index (χ3n) is 14.5. The number of ether oxygens (including phenoxy) is 2. The average molecular weight is 907 g/mol. The highest BCUT2D eigenvalue weighted by molar-refractivity contribution is 5.71. The van der Waals surface area contributed by atoms with Crippen LogP contribution in [0.3, 0.4) is 0 Å². The molecule has 4 aliphatic rings. The van der Waals surface area contributed by atoms with Crippen molar-refractivity contribution in [3.05, 3.63) is 212 Å². The van der Waals surface area contributed by atoms with Crippen LogP contribution in [0.1, 0.15) is 114 Å². The second-order valence-corrected chi connectivity index (χ2v) is 18.2. The first-order valence-electron chi connectivity index (χ1n) is 22.2. The van der Waals surface area contributed by atoms with Gasteiger partial charge in [0.2, 0.25) is 0 Å². The summed E-state index contributed by atoms with van der Waals surface area (Å²) in [5.74, 6) is -5.69. The van der Waals surface area contributed by atoms with Crippen molar-refractivity contribution in [2.75, 3.05) is 0 Å². The number of rotatable bonds is 5. The second kappa shape index (κ2) is 14.9. The maximum absolute atomic E-state index is 12.5. The summed E-state index contributed by atoms with van der Waals surface area (Å²) in [7, 11) is 0. The third-order valence-corrected chi connectivity index (χ3v) is 14.5. The molecule has 8 aromatic rings. The molecule has 10 N–H and O–H groups in total. The normalized spacial score (nSPS) is 22.6. The Morgan fingerprint density at radius 1 is 0.265 bits per heavy atom. The largest absolute Gasteiger partial charge is 0.508 e. The molecule has 12 nitrogen and oxygen atoms in total. The monoisotopic (exact) mass is 906 g/mol. The number of phenols is 10. The molecule has 68 heavy (non-hydrogen) atoms. The van der Waals surface area contributed by atoms with Crippen molar-refractivity contribution in [2.24, 2.45) is 0 Å². The van der Waals surface area contributed by atoms with E-state index in [9.17, 15) is 51.1 Å². The van der Waals surface area contributed by atoms with Crippen LogP contribution in [0.15, 0.2) is 146 Å². The zero-order chi connectivity index (χ0) is 46.9. The molecular formula is C56H42O12. The van der Waals surface area contributed by atoms with E-state index in [4.69, 9.17) is 9.47 Å². The van der Waals surface area contributed by atoms with Gasteiger partial charge in [0, 0.05) is 70.2 Å². The zero-order valence-corrected chi connectivity index (χ0v) is 35.8. The number of fused-ring (bicyclic) bond motifs is 4. The first-order valence-corrected chi connectivity index (χ1v) is 22.2. The van der Waals surface area contributed by atoms with Gasteiger partial charge in [-0.1, -0.05) is 48.5 Å². The van der Waals surface area contributed by atoms with Crippen LogP contribution in [0, 0.1) is 0 Å². The van der Waals surface area contributed by atoms with Crippen LogP contribution in [0.25, 0.3) is 0 Å². The molecule has 12 rings (SSSR count). The molecule has 2 aliphatic carbocycles. The highest BCUT2D eigenvalue weighted by atomic mass is 16.5. The fourth-order valence-electron chi connectivity index (χ4n) is 12.0. The lowest BCUT2D eigenvalue weighted by Gasteiger charge is -2.40. The Morgan fingerprint density at radius 2 is 0.559 bits per heavy atom. The molecule has 0 saturated heterocycles. The summed E-state index contributed by atoms with van der Waals surface area (Å²) in [6.07, 6.45) is -1.62. The van der Waals surface area contributed by atoms with Crippen LogP contribution in [0.5, 0.6) is 69.0 Å². The Kier molecular flexibility index (Phi) is 8.97. The van der Waals surface area contributed by atoms with Gasteiger partial charge in [0.15, 0.2) is 0 Å². The van der Waals surface area contributed by atoms with Crippen LogP contribution < -0.4 is 9.47 Å². The van der Waals surface area contributed by atoms with Crippen molar-refractivity contribution in [1.82, 2.24) is 0 Å². The van der Waals surface area contributed by atoms with E-state index in [0.29, 0.717) is 78.3 Å². The van der Waals surface area contributed by atoms with Gasteiger partial charge in [-0.25, -0.2) is 0 Å². The summed E-state index contributed by atoms with van der Waals surface area (Å²) in [6.45, 7) is 0. The van der Waals surface area contributed by atoms with E-state index in [1.165, 1.54) is 24.3 Å². The minimum Gasteiger partial charge on any atom is -0.508 e. The summed E-state index contributed by atoms with van der Waals surface area (Å²) in [4.78, 5) is 0. The third kappa shape index (κ3) is 6.20. The fraction of sp³-hybridized carbons (Fsp3) is 0.143. The molecule has 2 heterocycles. The Balaban J connectivity index is 1.25. The first-order chi connectivity index (χ1) is 32.8. The van der Waals surface area contributed by atoms with Crippen molar-refractivity contribution >= 4 is 0 Å². The molecule has 2 aliphatic heterocycles. The van der Waals surface area contributed by atoms with E-state index in [0.717, 1.165) is 0 Å². The van der Waals surface area contributed by atoms with Gasteiger partial charge >= 0.3 is 0 Å². The SMILES string of the molecule is Oc1ccc([C@@H]2c3c(O)cc(O)cc3[C@@H]3c4c(cc(O)cc4C2[C@H]2c4cc(O)cc5c4[C@H](c4cc(O)cc(O)c4[C@@H]2c2ccc(O)cc2)[C@H](c2ccc(O)cc2)O5)O[C@@H]3c2ccc(O)cc2)cc1. The predicted molar refractivity (Wildman–Crippen MR) is 248 cm³/mol. The fourth-order valence-corrected chi connectivity index (χ4v) is 12.0. The molecule has 0 fully saturated rings. The van der Waals surface area contributed by atoms with Gasteiger partial charge in [-0.2, -0.15) is 0 Å². The Hall–Kier alpha value is -8.64. The molecule has 8 atom stereocenters. The molecule has 0 saturated carbocycles. The van der Waals surface area contributed by atoms with E-state index in [1.807, 2.05) is 0 Å². The van der Waals surface area contributed by atoms with Crippen LogP contribution in [-0.2, 0) is 0 Å². The molecule has 0 aromatic heterocycles. The quantitative estimate of drug-likeness (QED) is 0.0780. The van der Waals surface area contributed by atoms with Gasteiger partial charge in [0.1, 0.15) is 81.2 Å². The molecule has 0 spiro atoms. The van der Waals surface area contributed by atoms with Gasteiger partial charge in [-0.3, -0.25) is 0 Å². The highest BCUT2D eigenvalue weighted by Gasteiger charge is 2.55. The number of aromatic hydroxyl groups is 10. The second-order valence-electron chi connectivity index (χ2n) is 18.2. The van der Waals surface area contributed by atoms with Gasteiger partial charge < -0.3 is 60.5 Å². The number of benzene rings is 8. The summed E-state index contributed by atoms with van der Waals surface area (Å²) >= 11 is 0. The van der Waals surface area contributed by atoms with Crippen molar-refractivity contribution in [2.45, 2.75) is 47.7 Å². The topological polar surface area (TPSA) is 221 Å². The zero-order valence-electron chi connectivity index (χ0n) is 35.8. The van der Waals surface area contributed by atoms with Gasteiger partial charge in [-0.15, -0.1) is 0 Å². The Labute approximate surface area is 388 Å². The molecule has 338 valence electrons. The molecule has 12 heteroatoms. The molecule has 0 amide bonds. The molecule has 1 unspecified atom stereocenters. The number of phenolic OH excluding ortho intramolecular Hbond substituents is 10. The maximum Gasteiger partial charge on any atom is 0.135 e. The molecule has 0 bridgehead atoms. The van der Waals surface area contributed by atoms with Gasteiger partial charge in [0.05, 0.1) is 11.8 Å². The lowest BCUT2D eigenvalue weighted by Crippen LogP contribution is -2.26. The summed E-state index contributed by atoms with van der Waals surface area (Å²) in [5.41, 5.74) is 6.75. The average Bonchev–Trinajstić information content (AvgIpc) is 3.81. The maximum atomic E-state index is 12.5. The van der Waals surface area contributed by atoms with Gasteiger partial charge in [0.25, 0.3) is 0 Å². The smallest absolute Gasteiger partial charge is 0.135 e. The van der Waals surface area contributed by atoms with Crippen molar-refractivity contribution in [3.63, 3.8) is 0 Å². The van der Waals surface area contributed by atoms with Crippen molar-refractivity contribution in [3.8, 4) is 69.0 Å². The van der Waals surface area contributed by atoms with E-state index in [2.05, 4.69) is 0 Å². The lowest BCUT2D eigenvalue weighted by atomic mass is 9.62. The van der Waals surface area contributed by atoms with E-state index >= 15 is 0 Å². The Bertz CT molecular complexity index is 3110. The van der Waals surface area contributed by atoms with E-state index in [1.54, 1.807) is 121 Å². The summed E-state index contributed by atoms with van der Waals surface area (Å²) < 4.78 is 13.7.